The zero-order valence-corrected chi connectivity index (χ0v) is 27.8. The van der Waals surface area contributed by atoms with E-state index in [2.05, 4.69) is 48.1 Å². The van der Waals surface area contributed by atoms with Crippen molar-refractivity contribution in [2.24, 2.45) is 56.7 Å². The first kappa shape index (κ1) is 32.9. The van der Waals surface area contributed by atoms with Gasteiger partial charge in [-0.15, -0.1) is 0 Å². The predicted molar refractivity (Wildman–Crippen MR) is 165 cm³/mol. The second kappa shape index (κ2) is 10.7. The maximum absolute atomic E-state index is 14.4. The van der Waals surface area contributed by atoms with E-state index >= 15 is 0 Å². The van der Waals surface area contributed by atoms with Crippen molar-refractivity contribution in [2.75, 3.05) is 6.61 Å². The second-order valence-corrected chi connectivity index (χ2v) is 17.3. The van der Waals surface area contributed by atoms with Crippen molar-refractivity contribution < 1.29 is 39.8 Å². The summed E-state index contributed by atoms with van der Waals surface area (Å²) < 4.78 is 11.6. The van der Waals surface area contributed by atoms with Crippen LogP contribution in [0.3, 0.4) is 0 Å². The molecule has 1 heterocycles. The number of fused-ring (bicyclic) bond motifs is 7. The third-order valence-corrected chi connectivity index (χ3v) is 15.5. The second-order valence-electron chi connectivity index (χ2n) is 17.3. The number of hydrogen-bond acceptors (Lipinski definition) is 8. The minimum absolute atomic E-state index is 0.0275. The number of aliphatic hydroxyl groups excluding tert-OH is 5. The lowest BCUT2D eigenvalue weighted by molar-refractivity contribution is -0.299. The molecule has 0 amide bonds. The van der Waals surface area contributed by atoms with Gasteiger partial charge in [0.25, 0.3) is 0 Å². The van der Waals surface area contributed by atoms with Crippen molar-refractivity contribution >= 4 is 5.97 Å². The van der Waals surface area contributed by atoms with E-state index in [0.717, 1.165) is 56.9 Å². The summed E-state index contributed by atoms with van der Waals surface area (Å²) in [5, 5.41) is 52.0. The van der Waals surface area contributed by atoms with Gasteiger partial charge in [-0.05, 0) is 122 Å². The highest BCUT2D eigenvalue weighted by Gasteiger charge is 2.72. The number of ether oxygens (including phenoxy) is 2. The Morgan fingerprint density at radius 2 is 1.52 bits per heavy atom. The standard InChI is InChI=1S/C36H58O8/c1-19(2)20-10-15-36(31(42)44-30-29(41)28(40)27(39)22(18-37)43-30)17-16-34(6)21(26(20)36)8-9-24-33(5)13-12-25(38)32(3,4)23(33)11-14-35(24,34)7/h20-30,37-41H,1,8-18H2,2-7H3/t20-,21+,22+,23-,24+,25-,26+,27+,28-,29+,30-,33-,34+,35+,36-/m0/s1. The molecular formula is C36H58O8. The lowest BCUT2D eigenvalue weighted by atomic mass is 9.32. The van der Waals surface area contributed by atoms with Crippen LogP contribution in [0.5, 0.6) is 0 Å². The van der Waals surface area contributed by atoms with E-state index in [1.54, 1.807) is 0 Å². The molecule has 5 aliphatic carbocycles. The summed E-state index contributed by atoms with van der Waals surface area (Å²) in [4.78, 5) is 14.4. The van der Waals surface area contributed by atoms with Crippen LogP contribution in [0, 0.1) is 56.7 Å². The summed E-state index contributed by atoms with van der Waals surface area (Å²) in [6.45, 7) is 18.1. The Bertz CT molecular complexity index is 1150. The van der Waals surface area contributed by atoms with Crippen molar-refractivity contribution in [1.82, 2.24) is 0 Å². The van der Waals surface area contributed by atoms with Crippen molar-refractivity contribution in [3.63, 3.8) is 0 Å². The largest absolute Gasteiger partial charge is 0.432 e. The fourth-order valence-electron chi connectivity index (χ4n) is 12.9. The van der Waals surface area contributed by atoms with Crippen LogP contribution < -0.4 is 0 Å². The van der Waals surface area contributed by atoms with Gasteiger partial charge in [-0.25, -0.2) is 0 Å². The normalized spacial score (nSPS) is 54.8. The van der Waals surface area contributed by atoms with Gasteiger partial charge in [-0.3, -0.25) is 4.79 Å². The Hall–Kier alpha value is -1.03. The molecular weight excluding hydrogens is 560 g/mol. The number of carbonyl (C=O) groups is 1. The van der Waals surface area contributed by atoms with Gasteiger partial charge in [0.1, 0.15) is 24.4 Å². The van der Waals surface area contributed by atoms with Crippen LogP contribution in [0.15, 0.2) is 12.2 Å². The average molecular weight is 619 g/mol. The maximum atomic E-state index is 14.4. The van der Waals surface area contributed by atoms with Crippen LogP contribution in [-0.4, -0.2) is 74.9 Å². The van der Waals surface area contributed by atoms with E-state index in [4.69, 9.17) is 9.47 Å². The summed E-state index contributed by atoms with van der Waals surface area (Å²) in [7, 11) is 0. The molecule has 250 valence electrons. The van der Waals surface area contributed by atoms with E-state index in [-0.39, 0.29) is 39.6 Å². The topological polar surface area (TPSA) is 137 Å². The molecule has 0 radical (unpaired) electrons. The number of esters is 1. The van der Waals surface area contributed by atoms with E-state index in [1.165, 1.54) is 0 Å². The Kier molecular flexibility index (Phi) is 8.03. The number of rotatable bonds is 4. The molecule has 5 saturated carbocycles. The fraction of sp³-hybridized carbons (Fsp3) is 0.917. The monoisotopic (exact) mass is 618 g/mol. The van der Waals surface area contributed by atoms with Gasteiger partial charge < -0.3 is 35.0 Å². The Morgan fingerprint density at radius 3 is 2.18 bits per heavy atom. The molecule has 6 rings (SSSR count). The molecule has 0 aromatic rings. The average Bonchev–Trinajstić information content (AvgIpc) is 3.37. The first-order valence-electron chi connectivity index (χ1n) is 17.3. The van der Waals surface area contributed by atoms with Gasteiger partial charge in [-0.2, -0.15) is 0 Å². The van der Waals surface area contributed by atoms with E-state index in [0.29, 0.717) is 30.6 Å². The minimum atomic E-state index is -1.61. The molecule has 6 fully saturated rings. The molecule has 8 nitrogen and oxygen atoms in total. The molecule has 0 aromatic heterocycles. The SMILES string of the molecule is C=C(C)[C@@H]1CC[C@]2(C(=O)O[C@@H]3O[C@H](CO)[C@@H](O)[C@H](O)[C@H]3O)CC[C@]3(C)[C@H](CC[C@@H]4[C@@]5(C)CC[C@H](O)C(C)(C)[C@@H]5CC[C@]43C)[C@@H]12. The number of hydrogen-bond donors (Lipinski definition) is 5. The predicted octanol–water partition coefficient (Wildman–Crippen LogP) is 4.35. The van der Waals surface area contributed by atoms with E-state index < -0.39 is 48.7 Å². The van der Waals surface area contributed by atoms with Gasteiger partial charge in [-0.1, -0.05) is 46.8 Å². The molecule has 1 aliphatic heterocycles. The van der Waals surface area contributed by atoms with Crippen LogP contribution >= 0.6 is 0 Å². The van der Waals surface area contributed by atoms with Crippen LogP contribution in [-0.2, 0) is 14.3 Å². The van der Waals surface area contributed by atoms with Crippen molar-refractivity contribution in [1.29, 1.82) is 0 Å². The van der Waals surface area contributed by atoms with Gasteiger partial charge in [0.2, 0.25) is 6.29 Å². The van der Waals surface area contributed by atoms with Crippen molar-refractivity contribution in [3.05, 3.63) is 12.2 Å². The summed E-state index contributed by atoms with van der Waals surface area (Å²) >= 11 is 0. The Morgan fingerprint density at radius 1 is 0.818 bits per heavy atom. The lowest BCUT2D eigenvalue weighted by Crippen LogP contribution is -2.67. The fourth-order valence-corrected chi connectivity index (χ4v) is 12.9. The van der Waals surface area contributed by atoms with Gasteiger partial charge in [0, 0.05) is 0 Å². The molecule has 0 aromatic carbocycles. The molecule has 6 aliphatic rings. The molecule has 15 atom stereocenters. The molecule has 0 unspecified atom stereocenters. The summed E-state index contributed by atoms with van der Waals surface area (Å²) in [5.41, 5.74) is 0.568. The summed E-state index contributed by atoms with van der Waals surface area (Å²) in [6, 6.07) is 0. The molecule has 1 saturated heterocycles. The van der Waals surface area contributed by atoms with Crippen molar-refractivity contribution in [2.45, 2.75) is 143 Å². The number of allylic oxidation sites excluding steroid dienone is 1. The first-order chi connectivity index (χ1) is 20.5. The Balaban J connectivity index is 1.33. The van der Waals surface area contributed by atoms with E-state index in [9.17, 15) is 30.3 Å². The van der Waals surface area contributed by atoms with Gasteiger partial charge >= 0.3 is 5.97 Å². The quantitative estimate of drug-likeness (QED) is 0.232. The van der Waals surface area contributed by atoms with Gasteiger partial charge in [0.05, 0.1) is 18.1 Å². The highest BCUT2D eigenvalue weighted by atomic mass is 16.7. The lowest BCUT2D eigenvalue weighted by Gasteiger charge is -2.72. The molecule has 44 heavy (non-hydrogen) atoms. The summed E-state index contributed by atoms with van der Waals surface area (Å²) in [5.74, 6) is 1.21. The minimum Gasteiger partial charge on any atom is -0.432 e. The van der Waals surface area contributed by atoms with E-state index in [1.807, 2.05) is 0 Å². The molecule has 0 bridgehead atoms. The number of carbonyl (C=O) groups excluding carboxylic acids is 1. The third-order valence-electron chi connectivity index (χ3n) is 15.5. The molecule has 8 heteroatoms. The van der Waals surface area contributed by atoms with Gasteiger partial charge in [0.15, 0.2) is 0 Å². The highest BCUT2D eigenvalue weighted by Crippen LogP contribution is 2.77. The first-order valence-corrected chi connectivity index (χ1v) is 17.3. The smallest absolute Gasteiger partial charge is 0.314 e. The Labute approximate surface area is 263 Å². The summed E-state index contributed by atoms with van der Waals surface area (Å²) in [6.07, 6.45) is 1.96. The molecule has 5 N–H and O–H groups in total. The van der Waals surface area contributed by atoms with Crippen LogP contribution in [0.25, 0.3) is 0 Å². The zero-order chi connectivity index (χ0) is 32.2. The molecule has 0 spiro atoms. The number of aliphatic hydroxyl groups is 5. The van der Waals surface area contributed by atoms with Crippen LogP contribution in [0.1, 0.15) is 106 Å². The van der Waals surface area contributed by atoms with Crippen LogP contribution in [0.2, 0.25) is 0 Å². The zero-order valence-electron chi connectivity index (χ0n) is 27.8. The maximum Gasteiger partial charge on any atom is 0.314 e. The third kappa shape index (κ3) is 4.26. The van der Waals surface area contributed by atoms with Crippen molar-refractivity contribution in [3.8, 4) is 0 Å². The van der Waals surface area contributed by atoms with Crippen LogP contribution in [0.4, 0.5) is 0 Å². The highest BCUT2D eigenvalue weighted by molar-refractivity contribution is 5.78.